The Bertz CT molecular complexity index is 1590. The Morgan fingerprint density at radius 2 is 1.85 bits per heavy atom. The third kappa shape index (κ3) is 4.77. The Morgan fingerprint density at radius 3 is 2.52 bits per heavy atom. The van der Waals surface area contributed by atoms with Crippen LogP contribution in [0.1, 0.15) is 18.9 Å². The number of likely N-dealkylation sites (N-methyl/N-ethyl adjacent to an activating group) is 1. The van der Waals surface area contributed by atoms with Gasteiger partial charge in [-0.05, 0) is 25.0 Å². The van der Waals surface area contributed by atoms with Crippen molar-refractivity contribution in [1.29, 1.82) is 0 Å². The number of aliphatic hydroxyl groups excluding tert-OH is 1. The molecule has 1 fully saturated rings. The summed E-state index contributed by atoms with van der Waals surface area (Å²) >= 11 is 0. The van der Waals surface area contributed by atoms with Crippen LogP contribution in [0.5, 0.6) is 11.5 Å². The third-order valence-corrected chi connectivity index (χ3v) is 6.61. The first kappa shape index (κ1) is 27.2. The topological polar surface area (TPSA) is 131 Å². The minimum Gasteiger partial charge on any atom is -0.451 e. The number of anilines is 1. The van der Waals surface area contributed by atoms with Crippen molar-refractivity contribution >= 4 is 22.8 Å². The zero-order valence-electron chi connectivity index (χ0n) is 20.8. The van der Waals surface area contributed by atoms with Gasteiger partial charge in [-0.25, -0.2) is 27.8 Å². The third-order valence-electron chi connectivity index (χ3n) is 6.61. The van der Waals surface area contributed by atoms with Crippen LogP contribution in [0.4, 0.5) is 27.8 Å². The number of benzene rings is 2. The Morgan fingerprint density at radius 1 is 1.12 bits per heavy atom. The smallest absolute Gasteiger partial charge is 0.264 e. The van der Waals surface area contributed by atoms with Gasteiger partial charge in [-0.2, -0.15) is 13.9 Å². The SMILES string of the molecule is CNC(=O)C(O)N1CCCC(n2nc(-c3ccc(Oc4c(F)c(F)cc(F)c4F)cc3F)c3c(N)ncnc32)C1. The molecule has 0 spiro atoms. The van der Waals surface area contributed by atoms with Crippen molar-refractivity contribution in [3.8, 4) is 22.8 Å². The molecule has 1 aliphatic heterocycles. The summed E-state index contributed by atoms with van der Waals surface area (Å²) in [5, 5.41) is 17.5. The number of nitrogens with zero attached hydrogens (tertiary/aromatic N) is 5. The van der Waals surface area contributed by atoms with Gasteiger partial charge in [0.2, 0.25) is 17.4 Å². The van der Waals surface area contributed by atoms with E-state index in [-0.39, 0.29) is 46.8 Å². The van der Waals surface area contributed by atoms with Crippen LogP contribution in [-0.4, -0.2) is 62.0 Å². The molecule has 5 rings (SSSR count). The number of piperidine rings is 1. The van der Waals surface area contributed by atoms with E-state index in [2.05, 4.69) is 20.4 Å². The maximum Gasteiger partial charge on any atom is 0.264 e. The molecule has 1 amide bonds. The van der Waals surface area contributed by atoms with Gasteiger partial charge in [-0.1, -0.05) is 0 Å². The first-order valence-electron chi connectivity index (χ1n) is 12.0. The fraction of sp³-hybridized carbons (Fsp3) is 0.280. The van der Waals surface area contributed by atoms with Crippen LogP contribution < -0.4 is 15.8 Å². The highest BCUT2D eigenvalue weighted by Crippen LogP contribution is 2.37. The lowest BCUT2D eigenvalue weighted by atomic mass is 10.1. The number of carbonyl (C=O) groups is 1. The number of likely N-dealkylation sites (tertiary alicyclic amines) is 1. The average molecular weight is 563 g/mol. The summed E-state index contributed by atoms with van der Waals surface area (Å²) in [6.45, 7) is 0.687. The fourth-order valence-electron chi connectivity index (χ4n) is 4.65. The second-order valence-electron chi connectivity index (χ2n) is 9.07. The molecule has 2 unspecified atom stereocenters. The average Bonchev–Trinajstić information content (AvgIpc) is 3.34. The number of fused-ring (bicyclic) bond motifs is 1. The lowest BCUT2D eigenvalue weighted by Crippen LogP contribution is -2.50. The van der Waals surface area contributed by atoms with Gasteiger partial charge in [0, 0.05) is 37.8 Å². The summed E-state index contributed by atoms with van der Waals surface area (Å²) in [5.74, 6) is -10.2. The minimum absolute atomic E-state index is 0.00316. The Hall–Kier alpha value is -4.37. The van der Waals surface area contributed by atoms with Crippen molar-refractivity contribution in [2.75, 3.05) is 25.9 Å². The van der Waals surface area contributed by atoms with Gasteiger partial charge in [0.25, 0.3) is 5.91 Å². The van der Waals surface area contributed by atoms with Crippen molar-refractivity contribution in [1.82, 2.24) is 30.0 Å². The molecule has 15 heteroatoms. The number of nitrogens with two attached hydrogens (primary N) is 1. The molecule has 1 saturated heterocycles. The van der Waals surface area contributed by atoms with Crippen molar-refractivity contribution in [3.05, 3.63) is 59.7 Å². The number of nitrogens with one attached hydrogen (secondary N) is 1. The van der Waals surface area contributed by atoms with E-state index in [9.17, 15) is 27.5 Å². The first-order chi connectivity index (χ1) is 19.1. The van der Waals surface area contributed by atoms with Crippen LogP contribution in [0.25, 0.3) is 22.3 Å². The van der Waals surface area contributed by atoms with Crippen LogP contribution >= 0.6 is 0 Å². The van der Waals surface area contributed by atoms with E-state index in [1.165, 1.54) is 24.1 Å². The van der Waals surface area contributed by atoms with Gasteiger partial charge in [0.15, 0.2) is 23.5 Å². The number of ether oxygens (including phenoxy) is 1. The summed E-state index contributed by atoms with van der Waals surface area (Å²) in [4.78, 5) is 21.8. The van der Waals surface area contributed by atoms with Crippen LogP contribution in [0, 0.1) is 29.1 Å². The molecular weight excluding hydrogens is 541 g/mol. The highest BCUT2D eigenvalue weighted by Gasteiger charge is 2.32. The number of carbonyl (C=O) groups excluding carboxylic acids is 1. The molecule has 10 nitrogen and oxygen atoms in total. The molecule has 2 atom stereocenters. The zero-order chi connectivity index (χ0) is 28.7. The van der Waals surface area contributed by atoms with E-state index in [0.29, 0.717) is 19.4 Å². The summed E-state index contributed by atoms with van der Waals surface area (Å²) in [7, 11) is 1.41. The second-order valence-corrected chi connectivity index (χ2v) is 9.07. The largest absolute Gasteiger partial charge is 0.451 e. The monoisotopic (exact) mass is 563 g/mol. The van der Waals surface area contributed by atoms with Crippen molar-refractivity contribution in [2.24, 2.45) is 0 Å². The number of nitrogen functional groups attached to an aromatic ring is 1. The predicted octanol–water partition coefficient (Wildman–Crippen LogP) is 3.26. The molecule has 2 aromatic heterocycles. The highest BCUT2D eigenvalue weighted by molar-refractivity contribution is 5.98. The van der Waals surface area contributed by atoms with Crippen LogP contribution in [0.15, 0.2) is 30.6 Å². The van der Waals surface area contributed by atoms with Crippen molar-refractivity contribution in [2.45, 2.75) is 25.1 Å². The predicted molar refractivity (Wildman–Crippen MR) is 131 cm³/mol. The number of hydrogen-bond donors (Lipinski definition) is 3. The van der Waals surface area contributed by atoms with Crippen LogP contribution in [0.2, 0.25) is 0 Å². The first-order valence-corrected chi connectivity index (χ1v) is 12.0. The number of rotatable bonds is 6. The number of aromatic nitrogens is 4. The van der Waals surface area contributed by atoms with Crippen molar-refractivity contribution in [3.63, 3.8) is 0 Å². The van der Waals surface area contributed by atoms with Gasteiger partial charge in [0.1, 0.15) is 29.4 Å². The molecule has 1 aliphatic rings. The highest BCUT2D eigenvalue weighted by atomic mass is 19.2. The van der Waals surface area contributed by atoms with Crippen molar-refractivity contribution < 1.29 is 36.6 Å². The quantitative estimate of drug-likeness (QED) is 0.241. The van der Waals surface area contributed by atoms with E-state index in [4.69, 9.17) is 10.5 Å². The number of hydrogen-bond acceptors (Lipinski definition) is 8. The van der Waals surface area contributed by atoms with E-state index in [0.717, 1.165) is 12.1 Å². The van der Waals surface area contributed by atoms with E-state index in [1.54, 1.807) is 4.90 Å². The molecular formula is C25H22F5N7O3. The lowest BCUT2D eigenvalue weighted by molar-refractivity contribution is -0.140. The molecule has 0 radical (unpaired) electrons. The molecule has 3 heterocycles. The maximum atomic E-state index is 15.4. The standard InChI is InChI=1S/C25H22F5N7O3/c1-32-24(38)25(39)36-6-2-3-11(9-36)37-23-17(22(31)33-10-34-23)20(35-37)13-5-4-12(7-14(13)26)40-21-18(29)15(27)8-16(28)19(21)30/h4-5,7-8,10-11,25,39H,2-3,6,9H2,1H3,(H,32,38)(H2,31,33,34). The van der Waals surface area contributed by atoms with Gasteiger partial charge in [0.05, 0.1) is 11.4 Å². The zero-order valence-corrected chi connectivity index (χ0v) is 20.8. The Labute approximate surface area is 223 Å². The molecule has 40 heavy (non-hydrogen) atoms. The summed E-state index contributed by atoms with van der Waals surface area (Å²) in [6.07, 6.45) is 1.06. The summed E-state index contributed by atoms with van der Waals surface area (Å²) < 4.78 is 77.0. The molecule has 0 saturated carbocycles. The summed E-state index contributed by atoms with van der Waals surface area (Å²) in [5.41, 5.74) is 6.34. The molecule has 2 aromatic carbocycles. The maximum absolute atomic E-state index is 15.4. The van der Waals surface area contributed by atoms with Gasteiger partial charge in [-0.3, -0.25) is 9.69 Å². The minimum atomic E-state index is -1.78. The van der Waals surface area contributed by atoms with Gasteiger partial charge in [-0.15, -0.1) is 0 Å². The molecule has 4 N–H and O–H groups in total. The molecule has 0 bridgehead atoms. The van der Waals surface area contributed by atoms with E-state index < -0.39 is 52.7 Å². The number of aliphatic hydroxyl groups is 1. The Balaban J connectivity index is 1.52. The molecule has 210 valence electrons. The fourth-order valence-corrected chi connectivity index (χ4v) is 4.65. The molecule has 0 aliphatic carbocycles. The number of amides is 1. The van der Waals surface area contributed by atoms with E-state index >= 15 is 4.39 Å². The van der Waals surface area contributed by atoms with Crippen LogP contribution in [0.3, 0.4) is 0 Å². The van der Waals surface area contributed by atoms with Gasteiger partial charge >= 0.3 is 0 Å². The second kappa shape index (κ2) is 10.7. The Kier molecular flexibility index (Phi) is 7.25. The molecule has 4 aromatic rings. The lowest BCUT2D eigenvalue weighted by Gasteiger charge is -2.35. The van der Waals surface area contributed by atoms with Crippen LogP contribution in [-0.2, 0) is 4.79 Å². The summed E-state index contributed by atoms with van der Waals surface area (Å²) in [6, 6.07) is 2.74. The normalized spacial score (nSPS) is 16.7. The van der Waals surface area contributed by atoms with Gasteiger partial charge < -0.3 is 20.9 Å². The number of halogens is 5. The van der Waals surface area contributed by atoms with E-state index in [1.807, 2.05) is 0 Å².